The molecule has 1 aliphatic heterocycles. The molecular formula is C21H22ClFN4O3. The predicted octanol–water partition coefficient (Wildman–Crippen LogP) is 3.09. The van der Waals surface area contributed by atoms with Crippen LogP contribution in [0.2, 0.25) is 5.02 Å². The lowest BCUT2D eigenvalue weighted by molar-refractivity contribution is -0.150. The number of amides is 3. The Morgan fingerprint density at radius 3 is 2.67 bits per heavy atom. The van der Waals surface area contributed by atoms with E-state index in [1.165, 1.54) is 35.5 Å². The molecule has 0 radical (unpaired) electrons. The Morgan fingerprint density at radius 1 is 1.27 bits per heavy atom. The molecule has 2 aromatic rings. The number of benzene rings is 1. The van der Waals surface area contributed by atoms with E-state index < -0.39 is 29.1 Å². The highest BCUT2D eigenvalue weighted by atomic mass is 35.5. The second kappa shape index (κ2) is 8.39. The van der Waals surface area contributed by atoms with Crippen LogP contribution in [0.4, 0.5) is 10.1 Å². The molecular weight excluding hydrogens is 411 g/mol. The molecule has 1 aromatic carbocycles. The highest BCUT2D eigenvalue weighted by Gasteiger charge is 2.43. The maximum absolute atomic E-state index is 14.0. The minimum Gasteiger partial charge on any atom is -0.366 e. The van der Waals surface area contributed by atoms with Crippen LogP contribution in [-0.2, 0) is 15.1 Å². The molecule has 2 heterocycles. The normalized spacial score (nSPS) is 21.2. The number of aromatic nitrogens is 1. The zero-order chi connectivity index (χ0) is 22.1. The number of nitrogens with one attached hydrogen (secondary N) is 1. The number of pyridine rings is 1. The quantitative estimate of drug-likeness (QED) is 0.727. The second-order valence-electron chi connectivity index (χ2n) is 7.77. The fourth-order valence-electron chi connectivity index (χ4n) is 3.69. The molecule has 158 valence electrons. The highest BCUT2D eigenvalue weighted by molar-refractivity contribution is 6.39. The largest absolute Gasteiger partial charge is 0.366 e. The Bertz CT molecular complexity index is 995. The summed E-state index contributed by atoms with van der Waals surface area (Å²) >= 11 is 6.03. The van der Waals surface area contributed by atoms with Gasteiger partial charge in [0.15, 0.2) is 0 Å². The topological polar surface area (TPSA) is 105 Å². The molecule has 2 atom stereocenters. The maximum atomic E-state index is 14.0. The van der Waals surface area contributed by atoms with E-state index in [0.717, 1.165) is 6.42 Å². The SMILES string of the molecule is C[C@@H]1CC[C@@](C)(c2cc(F)cc(Cl)c2)N(C(=O)C(=O)Nc2cncc(C(N)=O)c2)C1. The van der Waals surface area contributed by atoms with Gasteiger partial charge in [-0.15, -0.1) is 0 Å². The number of nitrogens with two attached hydrogens (primary N) is 1. The smallest absolute Gasteiger partial charge is 0.313 e. The van der Waals surface area contributed by atoms with Crippen molar-refractivity contribution in [2.45, 2.75) is 32.2 Å². The van der Waals surface area contributed by atoms with Gasteiger partial charge in [-0.05, 0) is 55.5 Å². The second-order valence-corrected chi connectivity index (χ2v) is 8.21. The molecule has 3 amide bonds. The van der Waals surface area contributed by atoms with Crippen LogP contribution < -0.4 is 11.1 Å². The van der Waals surface area contributed by atoms with Crippen molar-refractivity contribution in [1.29, 1.82) is 0 Å². The summed E-state index contributed by atoms with van der Waals surface area (Å²) in [6, 6.07) is 5.47. The Hall–Kier alpha value is -3.00. The van der Waals surface area contributed by atoms with Crippen LogP contribution in [0.15, 0.2) is 36.7 Å². The standard InChI is InChI=1S/C21H22ClFN4O3/c1-12-3-4-21(2,14-6-15(22)8-16(23)7-14)27(11-12)20(30)19(29)26-17-5-13(18(24)28)9-25-10-17/h5-10,12H,3-4,11H2,1-2H3,(H2,24,28)(H,26,29)/t12-,21+/m1/s1. The van der Waals surface area contributed by atoms with Crippen LogP contribution in [-0.4, -0.2) is 34.2 Å². The van der Waals surface area contributed by atoms with Crippen LogP contribution in [0.25, 0.3) is 0 Å². The highest BCUT2D eigenvalue weighted by Crippen LogP contribution is 2.40. The van der Waals surface area contributed by atoms with Crippen LogP contribution in [0.1, 0.15) is 42.6 Å². The summed E-state index contributed by atoms with van der Waals surface area (Å²) in [5.74, 6) is -2.71. The van der Waals surface area contributed by atoms with E-state index in [4.69, 9.17) is 17.3 Å². The van der Waals surface area contributed by atoms with Crippen molar-refractivity contribution in [2.75, 3.05) is 11.9 Å². The van der Waals surface area contributed by atoms with Gasteiger partial charge >= 0.3 is 11.8 Å². The molecule has 7 nitrogen and oxygen atoms in total. The average Bonchev–Trinajstić information content (AvgIpc) is 2.68. The summed E-state index contributed by atoms with van der Waals surface area (Å²) in [6.07, 6.45) is 3.92. The molecule has 9 heteroatoms. The molecule has 3 rings (SSSR count). The first-order valence-corrected chi connectivity index (χ1v) is 9.82. The molecule has 1 aliphatic rings. The number of nitrogens with zero attached hydrogens (tertiary/aromatic N) is 2. The lowest BCUT2D eigenvalue weighted by Crippen LogP contribution is -2.55. The number of hydrogen-bond donors (Lipinski definition) is 2. The van der Waals surface area contributed by atoms with E-state index in [1.54, 1.807) is 13.0 Å². The van der Waals surface area contributed by atoms with Gasteiger partial charge in [0, 0.05) is 17.8 Å². The summed E-state index contributed by atoms with van der Waals surface area (Å²) in [7, 11) is 0. The minimum absolute atomic E-state index is 0.103. The van der Waals surface area contributed by atoms with Gasteiger partial charge in [0.1, 0.15) is 5.82 Å². The van der Waals surface area contributed by atoms with Gasteiger partial charge in [-0.2, -0.15) is 0 Å². The Kier molecular flexibility index (Phi) is 6.07. The molecule has 1 saturated heterocycles. The van der Waals surface area contributed by atoms with Crippen LogP contribution >= 0.6 is 11.6 Å². The fraction of sp³-hybridized carbons (Fsp3) is 0.333. The number of anilines is 1. The summed E-state index contributed by atoms with van der Waals surface area (Å²) in [5.41, 5.74) is 5.12. The van der Waals surface area contributed by atoms with Crippen molar-refractivity contribution in [3.63, 3.8) is 0 Å². The molecule has 1 fully saturated rings. The third kappa shape index (κ3) is 4.43. The molecule has 30 heavy (non-hydrogen) atoms. The molecule has 0 spiro atoms. The van der Waals surface area contributed by atoms with Crippen LogP contribution in [0.3, 0.4) is 0 Å². The predicted molar refractivity (Wildman–Crippen MR) is 110 cm³/mol. The number of hydrogen-bond acceptors (Lipinski definition) is 4. The van der Waals surface area contributed by atoms with Crippen molar-refractivity contribution in [3.8, 4) is 0 Å². The van der Waals surface area contributed by atoms with Gasteiger partial charge < -0.3 is 16.0 Å². The van der Waals surface area contributed by atoms with E-state index in [1.807, 2.05) is 6.92 Å². The maximum Gasteiger partial charge on any atom is 0.313 e. The molecule has 0 aliphatic carbocycles. The third-order valence-corrected chi connectivity index (χ3v) is 5.64. The number of rotatable bonds is 3. The van der Waals surface area contributed by atoms with Gasteiger partial charge in [-0.1, -0.05) is 18.5 Å². The Labute approximate surface area is 178 Å². The van der Waals surface area contributed by atoms with E-state index in [-0.39, 0.29) is 22.2 Å². The first-order valence-electron chi connectivity index (χ1n) is 9.44. The summed E-state index contributed by atoms with van der Waals surface area (Å²) < 4.78 is 14.0. The summed E-state index contributed by atoms with van der Waals surface area (Å²) in [4.78, 5) is 42.4. The first-order chi connectivity index (χ1) is 14.1. The summed E-state index contributed by atoms with van der Waals surface area (Å²) in [5, 5.41) is 2.68. The monoisotopic (exact) mass is 432 g/mol. The Balaban J connectivity index is 1.89. The number of piperidine rings is 1. The van der Waals surface area contributed by atoms with Gasteiger partial charge in [0.25, 0.3) is 0 Å². The third-order valence-electron chi connectivity index (χ3n) is 5.42. The van der Waals surface area contributed by atoms with E-state index >= 15 is 0 Å². The molecule has 0 saturated carbocycles. The van der Waals surface area contributed by atoms with Gasteiger partial charge in [-0.25, -0.2) is 4.39 Å². The van der Waals surface area contributed by atoms with Crippen molar-refractivity contribution in [2.24, 2.45) is 11.7 Å². The van der Waals surface area contributed by atoms with E-state index in [9.17, 15) is 18.8 Å². The average molecular weight is 433 g/mol. The van der Waals surface area contributed by atoms with Crippen molar-refractivity contribution in [1.82, 2.24) is 9.88 Å². The van der Waals surface area contributed by atoms with Gasteiger partial charge in [0.2, 0.25) is 5.91 Å². The number of primary amides is 1. The molecule has 3 N–H and O–H groups in total. The molecule has 0 unspecified atom stereocenters. The van der Waals surface area contributed by atoms with E-state index in [0.29, 0.717) is 18.5 Å². The van der Waals surface area contributed by atoms with E-state index in [2.05, 4.69) is 10.3 Å². The first kappa shape index (κ1) is 21.7. The zero-order valence-electron chi connectivity index (χ0n) is 16.6. The van der Waals surface area contributed by atoms with Crippen molar-refractivity contribution < 1.29 is 18.8 Å². The lowest BCUT2D eigenvalue weighted by atomic mass is 9.79. The summed E-state index contributed by atoms with van der Waals surface area (Å²) in [6.45, 7) is 4.11. The zero-order valence-corrected chi connectivity index (χ0v) is 17.4. The van der Waals surface area contributed by atoms with Crippen molar-refractivity contribution in [3.05, 3.63) is 58.6 Å². The Morgan fingerprint density at radius 2 is 2.00 bits per heavy atom. The number of likely N-dealkylation sites (tertiary alicyclic amines) is 1. The number of carbonyl (C=O) groups is 3. The minimum atomic E-state index is -0.903. The van der Waals surface area contributed by atoms with Gasteiger partial charge in [0.05, 0.1) is 23.0 Å². The van der Waals surface area contributed by atoms with Gasteiger partial charge in [-0.3, -0.25) is 19.4 Å². The van der Waals surface area contributed by atoms with Crippen LogP contribution in [0, 0.1) is 11.7 Å². The number of halogens is 2. The molecule has 0 bridgehead atoms. The lowest BCUT2D eigenvalue weighted by Gasteiger charge is -2.47. The fourth-order valence-corrected chi connectivity index (χ4v) is 3.91. The van der Waals surface area contributed by atoms with Crippen LogP contribution in [0.5, 0.6) is 0 Å². The number of carbonyl (C=O) groups excluding carboxylic acids is 3. The van der Waals surface area contributed by atoms with Crippen molar-refractivity contribution >= 4 is 35.0 Å². The molecule has 1 aromatic heterocycles.